The molecule has 1 saturated heterocycles. The summed E-state index contributed by atoms with van der Waals surface area (Å²) < 4.78 is 0. The van der Waals surface area contributed by atoms with Gasteiger partial charge in [0, 0.05) is 29.3 Å². The van der Waals surface area contributed by atoms with Crippen molar-refractivity contribution in [1.82, 2.24) is 15.0 Å². The first-order valence-electron chi connectivity index (χ1n) is 8.16. The maximum atomic E-state index is 6.75. The summed E-state index contributed by atoms with van der Waals surface area (Å²) in [5, 5.41) is 1.80. The summed E-state index contributed by atoms with van der Waals surface area (Å²) in [4.78, 5) is 14.3. The number of hydrogen-bond donors (Lipinski definition) is 2. The summed E-state index contributed by atoms with van der Waals surface area (Å²) >= 11 is 6.01. The number of nitrogens with one attached hydrogen (secondary N) is 1. The number of nitrogens with two attached hydrogens (primary N) is 1. The second-order valence-electron chi connectivity index (χ2n) is 6.60. The second kappa shape index (κ2) is 5.76. The highest BCUT2D eigenvalue weighted by molar-refractivity contribution is 6.30. The Balaban J connectivity index is 1.63. The summed E-state index contributed by atoms with van der Waals surface area (Å²) in [7, 11) is 0. The Kier molecular flexibility index (Phi) is 3.70. The molecule has 0 radical (unpaired) electrons. The molecule has 3 heterocycles. The van der Waals surface area contributed by atoms with Crippen molar-refractivity contribution in [2.45, 2.75) is 31.3 Å². The van der Waals surface area contributed by atoms with Crippen LogP contribution >= 0.6 is 11.6 Å². The average molecular weight is 342 g/mol. The third-order valence-corrected chi connectivity index (χ3v) is 5.27. The van der Waals surface area contributed by atoms with E-state index in [2.05, 4.69) is 26.8 Å². The van der Waals surface area contributed by atoms with Gasteiger partial charge in [-0.25, -0.2) is 9.97 Å². The Morgan fingerprint density at radius 1 is 1.25 bits per heavy atom. The minimum Gasteiger partial charge on any atom is -0.353 e. The zero-order valence-corrected chi connectivity index (χ0v) is 14.3. The fourth-order valence-corrected chi connectivity index (χ4v) is 3.85. The number of rotatable bonds is 2. The van der Waals surface area contributed by atoms with E-state index in [1.807, 2.05) is 36.5 Å². The van der Waals surface area contributed by atoms with Crippen LogP contribution in [-0.2, 0) is 5.54 Å². The van der Waals surface area contributed by atoms with Gasteiger partial charge in [-0.3, -0.25) is 0 Å². The molecule has 1 fully saturated rings. The van der Waals surface area contributed by atoms with Crippen LogP contribution in [0.1, 0.15) is 25.3 Å². The topological polar surface area (TPSA) is 70.8 Å². The predicted molar refractivity (Wildman–Crippen MR) is 97.2 cm³/mol. The summed E-state index contributed by atoms with van der Waals surface area (Å²) in [6.45, 7) is 3.06. The van der Waals surface area contributed by atoms with Crippen molar-refractivity contribution in [2.24, 2.45) is 5.73 Å². The monoisotopic (exact) mass is 341 g/mol. The largest absolute Gasteiger partial charge is 0.353 e. The third-order valence-electron chi connectivity index (χ3n) is 5.01. The van der Waals surface area contributed by atoms with Gasteiger partial charge in [0.15, 0.2) is 0 Å². The first-order chi connectivity index (χ1) is 11.6. The summed E-state index contributed by atoms with van der Waals surface area (Å²) in [5.74, 6) is 0.979. The number of H-pyrrole nitrogens is 1. The number of hydrogen-bond acceptors (Lipinski definition) is 4. The second-order valence-corrected chi connectivity index (χ2v) is 7.03. The van der Waals surface area contributed by atoms with E-state index in [9.17, 15) is 0 Å². The fourth-order valence-electron chi connectivity index (χ4n) is 3.73. The van der Waals surface area contributed by atoms with Gasteiger partial charge < -0.3 is 15.6 Å². The molecule has 0 unspecified atom stereocenters. The lowest BCUT2D eigenvalue weighted by molar-refractivity contribution is 0.299. The van der Waals surface area contributed by atoms with E-state index >= 15 is 0 Å². The summed E-state index contributed by atoms with van der Waals surface area (Å²) in [6.07, 6.45) is 5.25. The van der Waals surface area contributed by atoms with E-state index in [0.717, 1.165) is 46.8 Å². The fraction of sp³-hybridized carbons (Fsp3) is 0.333. The van der Waals surface area contributed by atoms with E-state index in [-0.39, 0.29) is 11.6 Å². The van der Waals surface area contributed by atoms with E-state index in [0.29, 0.717) is 0 Å². The molecule has 2 aromatic heterocycles. The molecular formula is C18H20ClN5. The van der Waals surface area contributed by atoms with Gasteiger partial charge in [-0.2, -0.15) is 0 Å². The standard InChI is InChI=1S/C18H20ClN5/c1-12-10-18(20,13-2-4-14(19)5-3-13)7-9-24(12)17-15-6-8-21-16(15)22-11-23-17/h2-6,8,11-12H,7,9-10,20H2,1H3,(H,21,22,23)/t12-,18+/m1/s1. The van der Waals surface area contributed by atoms with Gasteiger partial charge in [-0.1, -0.05) is 23.7 Å². The van der Waals surface area contributed by atoms with Crippen molar-refractivity contribution >= 4 is 28.5 Å². The first kappa shape index (κ1) is 15.4. The molecule has 1 aliphatic heterocycles. The Labute approximate surface area is 145 Å². The molecule has 0 saturated carbocycles. The van der Waals surface area contributed by atoms with Crippen LogP contribution < -0.4 is 10.6 Å². The van der Waals surface area contributed by atoms with Crippen LogP contribution in [0.25, 0.3) is 11.0 Å². The van der Waals surface area contributed by atoms with Crippen molar-refractivity contribution < 1.29 is 0 Å². The van der Waals surface area contributed by atoms with E-state index in [1.165, 1.54) is 0 Å². The van der Waals surface area contributed by atoms with Crippen LogP contribution in [0.2, 0.25) is 5.02 Å². The van der Waals surface area contributed by atoms with Crippen LogP contribution in [0.15, 0.2) is 42.9 Å². The number of anilines is 1. The SMILES string of the molecule is C[C@@H]1C[C@](N)(c2ccc(Cl)cc2)CCN1c1ncnc2[nH]ccc12. The van der Waals surface area contributed by atoms with Gasteiger partial charge >= 0.3 is 0 Å². The van der Waals surface area contributed by atoms with Gasteiger partial charge in [0.05, 0.1) is 5.39 Å². The highest BCUT2D eigenvalue weighted by atomic mass is 35.5. The Morgan fingerprint density at radius 3 is 2.79 bits per heavy atom. The van der Waals surface area contributed by atoms with Gasteiger partial charge in [0.1, 0.15) is 17.8 Å². The lowest BCUT2D eigenvalue weighted by Gasteiger charge is -2.44. The Morgan fingerprint density at radius 2 is 2.04 bits per heavy atom. The number of nitrogens with zero attached hydrogens (tertiary/aromatic N) is 3. The summed E-state index contributed by atoms with van der Waals surface area (Å²) in [6, 6.07) is 10.2. The zero-order valence-electron chi connectivity index (χ0n) is 13.5. The van der Waals surface area contributed by atoms with Gasteiger partial charge in [0.2, 0.25) is 0 Å². The quantitative estimate of drug-likeness (QED) is 0.749. The first-order valence-corrected chi connectivity index (χ1v) is 8.54. The lowest BCUT2D eigenvalue weighted by atomic mass is 9.79. The molecule has 124 valence electrons. The molecule has 0 aliphatic carbocycles. The molecule has 2 atom stereocenters. The molecule has 5 nitrogen and oxygen atoms in total. The zero-order chi connectivity index (χ0) is 16.7. The van der Waals surface area contributed by atoms with Gasteiger partial charge in [0.25, 0.3) is 0 Å². The molecule has 0 bridgehead atoms. The van der Waals surface area contributed by atoms with Crippen LogP contribution in [0, 0.1) is 0 Å². The minimum atomic E-state index is -0.329. The van der Waals surface area contributed by atoms with E-state index < -0.39 is 0 Å². The Bertz CT molecular complexity index is 859. The number of piperidine rings is 1. The van der Waals surface area contributed by atoms with Gasteiger partial charge in [-0.15, -0.1) is 0 Å². The molecule has 1 aliphatic rings. The summed E-state index contributed by atoms with van der Waals surface area (Å²) in [5.41, 5.74) is 8.43. The van der Waals surface area contributed by atoms with Crippen LogP contribution in [0.3, 0.4) is 0 Å². The van der Waals surface area contributed by atoms with Crippen molar-refractivity contribution in [3.63, 3.8) is 0 Å². The van der Waals surface area contributed by atoms with Crippen LogP contribution in [0.5, 0.6) is 0 Å². The smallest absolute Gasteiger partial charge is 0.142 e. The maximum absolute atomic E-state index is 6.75. The van der Waals surface area contributed by atoms with Crippen molar-refractivity contribution in [3.8, 4) is 0 Å². The van der Waals surface area contributed by atoms with E-state index in [4.69, 9.17) is 17.3 Å². The third kappa shape index (κ3) is 2.54. The number of fused-ring (bicyclic) bond motifs is 1. The molecule has 6 heteroatoms. The predicted octanol–water partition coefficient (Wildman–Crippen LogP) is 3.45. The number of halogens is 1. The number of benzene rings is 1. The molecule has 24 heavy (non-hydrogen) atoms. The Hall–Kier alpha value is -2.11. The average Bonchev–Trinajstić information content (AvgIpc) is 3.04. The van der Waals surface area contributed by atoms with Crippen molar-refractivity contribution in [3.05, 3.63) is 53.4 Å². The molecule has 0 amide bonds. The highest BCUT2D eigenvalue weighted by Crippen LogP contribution is 2.37. The molecule has 0 spiro atoms. The van der Waals surface area contributed by atoms with Crippen molar-refractivity contribution in [1.29, 1.82) is 0 Å². The van der Waals surface area contributed by atoms with Crippen molar-refractivity contribution in [2.75, 3.05) is 11.4 Å². The molecular weight excluding hydrogens is 322 g/mol. The van der Waals surface area contributed by atoms with Gasteiger partial charge in [-0.05, 0) is 43.5 Å². The molecule has 4 rings (SSSR count). The minimum absolute atomic E-state index is 0.285. The molecule has 3 aromatic rings. The lowest BCUT2D eigenvalue weighted by Crippen LogP contribution is -2.52. The highest BCUT2D eigenvalue weighted by Gasteiger charge is 2.37. The van der Waals surface area contributed by atoms with E-state index in [1.54, 1.807) is 6.33 Å². The number of aromatic nitrogens is 3. The molecule has 1 aromatic carbocycles. The number of aromatic amines is 1. The maximum Gasteiger partial charge on any atom is 0.142 e. The van der Waals surface area contributed by atoms with Crippen LogP contribution in [0.4, 0.5) is 5.82 Å². The normalized spacial score (nSPS) is 24.5. The van der Waals surface area contributed by atoms with Crippen LogP contribution in [-0.4, -0.2) is 27.5 Å². The molecule has 3 N–H and O–H groups in total.